The maximum atomic E-state index is 3.10. The van der Waals surface area contributed by atoms with Crippen LogP contribution in [-0.2, 0) is 0 Å². The Morgan fingerprint density at radius 2 is 1.17 bits per heavy atom. The zero-order chi connectivity index (χ0) is 4.83. The van der Waals surface area contributed by atoms with Crippen LogP contribution in [0.5, 0.6) is 0 Å². The van der Waals surface area contributed by atoms with Crippen LogP contribution in [0.1, 0.15) is 0 Å². The van der Waals surface area contributed by atoms with E-state index in [0.29, 0.717) is 0 Å². The van der Waals surface area contributed by atoms with Crippen molar-refractivity contribution in [1.82, 2.24) is 0 Å². The van der Waals surface area contributed by atoms with E-state index in [1.54, 1.807) is 9.97 Å². The molecule has 0 nitrogen and oxygen atoms in total. The fourth-order valence-corrected chi connectivity index (χ4v) is 0.436. The van der Waals surface area contributed by atoms with Crippen molar-refractivity contribution in [3.05, 3.63) is 22.1 Å². The first-order valence-electron chi connectivity index (χ1n) is 1.44. The van der Waals surface area contributed by atoms with Crippen molar-refractivity contribution < 1.29 is 0 Å². The van der Waals surface area contributed by atoms with E-state index in [1.807, 2.05) is 12.2 Å². The lowest BCUT2D eigenvalue weighted by Crippen LogP contribution is -1.33. The molecular formula is C4H4Br2. The summed E-state index contributed by atoms with van der Waals surface area (Å²) in [7, 11) is 0. The van der Waals surface area contributed by atoms with Gasteiger partial charge in [0.05, 0.1) is 0 Å². The lowest BCUT2D eigenvalue weighted by molar-refractivity contribution is 2.11. The molecule has 0 rings (SSSR count). The molecule has 0 atom stereocenters. The molecule has 0 N–H and O–H groups in total. The van der Waals surface area contributed by atoms with Crippen LogP contribution in [0, 0.1) is 0 Å². The summed E-state index contributed by atoms with van der Waals surface area (Å²) < 4.78 is 0. The van der Waals surface area contributed by atoms with Gasteiger partial charge < -0.3 is 0 Å². The summed E-state index contributed by atoms with van der Waals surface area (Å²) in [5.74, 6) is 0. The third kappa shape index (κ3) is 4.44. The highest BCUT2D eigenvalue weighted by atomic mass is 79.9. The van der Waals surface area contributed by atoms with Gasteiger partial charge in [0.2, 0.25) is 0 Å². The molecule has 34 valence electrons. The topological polar surface area (TPSA) is 0 Å². The van der Waals surface area contributed by atoms with E-state index in [4.69, 9.17) is 0 Å². The summed E-state index contributed by atoms with van der Waals surface area (Å²) >= 11 is 6.20. The first-order valence-corrected chi connectivity index (χ1v) is 3.27. The summed E-state index contributed by atoms with van der Waals surface area (Å²) in [6.07, 6.45) is 3.74. The Kier molecular flexibility index (Phi) is 5.84. The van der Waals surface area contributed by atoms with Crippen LogP contribution in [-0.4, -0.2) is 0 Å². The lowest BCUT2D eigenvalue weighted by Gasteiger charge is -1.59. The van der Waals surface area contributed by atoms with Crippen molar-refractivity contribution >= 4 is 31.9 Å². The Bertz CT molecular complexity index is 53.9. The maximum absolute atomic E-state index is 3.10. The van der Waals surface area contributed by atoms with Gasteiger partial charge in [-0.25, -0.2) is 0 Å². The van der Waals surface area contributed by atoms with Gasteiger partial charge in [0, 0.05) is 0 Å². The smallest absolute Gasteiger partial charge is 0.0189 e. The van der Waals surface area contributed by atoms with E-state index >= 15 is 0 Å². The second-order valence-electron chi connectivity index (χ2n) is 0.637. The minimum absolute atomic E-state index is 1.78. The largest absolute Gasteiger partial charge is 0.0595 e. The molecule has 0 aliphatic heterocycles. The predicted molar refractivity (Wildman–Crippen MR) is 36.1 cm³/mol. The third-order valence-electron chi connectivity index (χ3n) is 0.257. The van der Waals surface area contributed by atoms with Crippen LogP contribution in [0.2, 0.25) is 0 Å². The van der Waals surface area contributed by atoms with Crippen LogP contribution >= 0.6 is 31.9 Å². The van der Waals surface area contributed by atoms with Crippen LogP contribution in [0.25, 0.3) is 0 Å². The van der Waals surface area contributed by atoms with Crippen molar-refractivity contribution in [1.29, 1.82) is 0 Å². The third-order valence-corrected chi connectivity index (χ3v) is 0.867. The van der Waals surface area contributed by atoms with E-state index in [-0.39, 0.29) is 0 Å². The van der Waals surface area contributed by atoms with Crippen molar-refractivity contribution in [3.8, 4) is 0 Å². The second kappa shape index (κ2) is 5.44. The van der Waals surface area contributed by atoms with E-state index in [2.05, 4.69) is 31.9 Å². The standard InChI is InChI=1S/C4H4Br2/c5-3-1-2-4-6/h1-4H/b3-1-,4-2?. The Balaban J connectivity index is 3.07. The van der Waals surface area contributed by atoms with Crippen molar-refractivity contribution in [3.63, 3.8) is 0 Å². The summed E-state index contributed by atoms with van der Waals surface area (Å²) in [4.78, 5) is 3.56. The minimum atomic E-state index is 1.78. The lowest BCUT2D eigenvalue weighted by atomic mass is 10.6. The summed E-state index contributed by atoms with van der Waals surface area (Å²) in [6.45, 7) is 0. The molecule has 0 aliphatic rings. The molecule has 0 unspecified atom stereocenters. The molecule has 0 saturated heterocycles. The molecule has 0 saturated carbocycles. The first kappa shape index (κ1) is 6.44. The predicted octanol–water partition coefficient (Wildman–Crippen LogP) is 2.80. The Morgan fingerprint density at radius 3 is 1.33 bits per heavy atom. The highest BCUT2D eigenvalue weighted by Gasteiger charge is 1.51. The molecule has 0 aromatic carbocycles. The Hall–Kier alpha value is 0.440. The van der Waals surface area contributed by atoms with Gasteiger partial charge in [-0.1, -0.05) is 44.0 Å². The van der Waals surface area contributed by atoms with Crippen LogP contribution < -0.4 is 0 Å². The van der Waals surface area contributed by atoms with E-state index in [9.17, 15) is 0 Å². The molecule has 0 spiro atoms. The number of hydrogen-bond acceptors (Lipinski definition) is 0. The molecule has 0 fully saturated rings. The zero-order valence-corrected chi connectivity index (χ0v) is 6.24. The van der Waals surface area contributed by atoms with Gasteiger partial charge in [-0.3, -0.25) is 0 Å². The SMILES string of the molecule is BrC=C/C=C\Br. The molecule has 6 heavy (non-hydrogen) atoms. The molecule has 0 radical (unpaired) electrons. The quantitative estimate of drug-likeness (QED) is 0.586. The first-order chi connectivity index (χ1) is 2.91. The fourth-order valence-electron chi connectivity index (χ4n) is 0.0840. The highest BCUT2D eigenvalue weighted by Crippen LogP contribution is 1.86. The van der Waals surface area contributed by atoms with Gasteiger partial charge >= 0.3 is 0 Å². The average molecular weight is 212 g/mol. The van der Waals surface area contributed by atoms with Gasteiger partial charge in [0.15, 0.2) is 0 Å². The zero-order valence-electron chi connectivity index (χ0n) is 3.07. The maximum Gasteiger partial charge on any atom is -0.0189 e. The normalized spacial score (nSPS) is 11.7. The van der Waals surface area contributed by atoms with E-state index < -0.39 is 0 Å². The highest BCUT2D eigenvalue weighted by molar-refractivity contribution is 9.11. The summed E-state index contributed by atoms with van der Waals surface area (Å²) in [5, 5.41) is 0. The number of halogens is 2. The second-order valence-corrected chi connectivity index (χ2v) is 1.69. The Labute approximate surface area is 54.2 Å². The van der Waals surface area contributed by atoms with Crippen molar-refractivity contribution in [2.75, 3.05) is 0 Å². The number of allylic oxidation sites excluding steroid dienone is 2. The molecule has 0 aliphatic carbocycles. The van der Waals surface area contributed by atoms with Gasteiger partial charge in [0.25, 0.3) is 0 Å². The van der Waals surface area contributed by atoms with E-state index in [1.165, 1.54) is 0 Å². The van der Waals surface area contributed by atoms with Crippen LogP contribution in [0.3, 0.4) is 0 Å². The fraction of sp³-hybridized carbons (Fsp3) is 0. The molecule has 0 amide bonds. The molecule has 2 heteroatoms. The van der Waals surface area contributed by atoms with Gasteiger partial charge in [-0.15, -0.1) is 0 Å². The average Bonchev–Trinajstić information content (AvgIpc) is 1.61. The van der Waals surface area contributed by atoms with Crippen LogP contribution in [0.15, 0.2) is 22.1 Å². The Morgan fingerprint density at radius 1 is 0.833 bits per heavy atom. The monoisotopic (exact) mass is 210 g/mol. The summed E-state index contributed by atoms with van der Waals surface area (Å²) in [5.41, 5.74) is 0. The molecule has 0 heterocycles. The van der Waals surface area contributed by atoms with Gasteiger partial charge in [0.1, 0.15) is 0 Å². The summed E-state index contributed by atoms with van der Waals surface area (Å²) in [6, 6.07) is 0. The van der Waals surface area contributed by atoms with Gasteiger partial charge in [-0.05, 0) is 9.97 Å². The van der Waals surface area contributed by atoms with Crippen molar-refractivity contribution in [2.45, 2.75) is 0 Å². The van der Waals surface area contributed by atoms with Crippen molar-refractivity contribution in [2.24, 2.45) is 0 Å². The number of rotatable bonds is 1. The van der Waals surface area contributed by atoms with E-state index in [0.717, 1.165) is 0 Å². The van der Waals surface area contributed by atoms with Gasteiger partial charge in [-0.2, -0.15) is 0 Å². The minimum Gasteiger partial charge on any atom is -0.0595 e. The van der Waals surface area contributed by atoms with Crippen LogP contribution in [0.4, 0.5) is 0 Å². The molecule has 0 bridgehead atoms. The number of hydrogen-bond donors (Lipinski definition) is 0. The molecular weight excluding hydrogens is 208 g/mol. The molecule has 0 aromatic heterocycles. The molecule has 0 aromatic rings.